The quantitative estimate of drug-likeness (QED) is 0.189. The van der Waals surface area contributed by atoms with Crippen LogP contribution >= 0.6 is 0 Å². The fraction of sp³-hybridized carbons (Fsp3) is 0.957. The maximum atomic E-state index is 11.8. The van der Waals surface area contributed by atoms with Crippen molar-refractivity contribution in [3.05, 3.63) is 0 Å². The van der Waals surface area contributed by atoms with Crippen molar-refractivity contribution in [3.8, 4) is 0 Å². The molecule has 0 rings (SSSR count). The Morgan fingerprint density at radius 2 is 0.889 bits per heavy atom. The topological polar surface area (TPSA) is 70.5 Å². The molecular formula is C23H49NO3. The van der Waals surface area contributed by atoms with Gasteiger partial charge in [-0.15, -0.1) is 0 Å². The van der Waals surface area contributed by atoms with Crippen molar-refractivity contribution in [2.45, 2.75) is 143 Å². The summed E-state index contributed by atoms with van der Waals surface area (Å²) in [6, 6.07) is 0. The maximum absolute atomic E-state index is 11.8. The summed E-state index contributed by atoms with van der Waals surface area (Å²) in [5, 5.41) is 0. The molecule has 0 aliphatic rings. The summed E-state index contributed by atoms with van der Waals surface area (Å²) in [5.41, 5.74) is 0. The minimum Gasteiger partial charge on any atom is -0.431 e. The van der Waals surface area contributed by atoms with Crippen LogP contribution < -0.4 is 6.15 Å². The first-order valence-corrected chi connectivity index (χ1v) is 11.5. The molecule has 0 fully saturated rings. The van der Waals surface area contributed by atoms with E-state index in [0.29, 0.717) is 0 Å². The highest BCUT2D eigenvalue weighted by atomic mass is 16.7. The Labute approximate surface area is 169 Å². The van der Waals surface area contributed by atoms with Crippen LogP contribution in [0.15, 0.2) is 0 Å². The van der Waals surface area contributed by atoms with Crippen LogP contribution in [0.5, 0.6) is 0 Å². The molecule has 0 aromatic heterocycles. The molecule has 0 bridgehead atoms. The van der Waals surface area contributed by atoms with Gasteiger partial charge in [0, 0.05) is 0 Å². The average molecular weight is 388 g/mol. The zero-order valence-corrected chi connectivity index (χ0v) is 18.9. The summed E-state index contributed by atoms with van der Waals surface area (Å²) in [6.45, 7) is 8.43. The number of unbranched alkanes of at least 4 members (excludes halogenated alkanes) is 12. The van der Waals surface area contributed by atoms with E-state index in [1.165, 1.54) is 77.0 Å². The van der Waals surface area contributed by atoms with Crippen molar-refractivity contribution in [2.75, 3.05) is 0 Å². The van der Waals surface area contributed by atoms with Crippen molar-refractivity contribution in [1.82, 2.24) is 6.15 Å². The molecular weight excluding hydrogens is 338 g/mol. The van der Waals surface area contributed by atoms with E-state index in [4.69, 9.17) is 9.47 Å². The van der Waals surface area contributed by atoms with E-state index in [9.17, 15) is 4.79 Å². The van der Waals surface area contributed by atoms with Crippen molar-refractivity contribution < 1.29 is 14.3 Å². The second-order valence-electron chi connectivity index (χ2n) is 7.93. The molecule has 0 spiro atoms. The number of hydrogen-bond acceptors (Lipinski definition) is 4. The van der Waals surface area contributed by atoms with E-state index >= 15 is 0 Å². The van der Waals surface area contributed by atoms with Crippen LogP contribution in [0.1, 0.15) is 130 Å². The molecule has 2 unspecified atom stereocenters. The zero-order chi connectivity index (χ0) is 19.5. The minimum atomic E-state index is -0.490. The maximum Gasteiger partial charge on any atom is 0.508 e. The van der Waals surface area contributed by atoms with Gasteiger partial charge in [0.1, 0.15) is 12.2 Å². The average Bonchev–Trinajstić information content (AvgIpc) is 2.60. The molecule has 2 atom stereocenters. The summed E-state index contributed by atoms with van der Waals surface area (Å²) in [4.78, 5) is 11.8. The van der Waals surface area contributed by atoms with E-state index in [-0.39, 0.29) is 18.4 Å². The summed E-state index contributed by atoms with van der Waals surface area (Å²) in [7, 11) is 0. The first-order valence-electron chi connectivity index (χ1n) is 11.5. The molecule has 0 amide bonds. The Morgan fingerprint density at radius 1 is 0.593 bits per heavy atom. The van der Waals surface area contributed by atoms with Gasteiger partial charge in [-0.05, 0) is 39.5 Å². The third-order valence-electron chi connectivity index (χ3n) is 5.02. The van der Waals surface area contributed by atoms with E-state index in [1.807, 2.05) is 13.8 Å². The fourth-order valence-corrected chi connectivity index (χ4v) is 3.25. The highest BCUT2D eigenvalue weighted by Crippen LogP contribution is 2.14. The van der Waals surface area contributed by atoms with Gasteiger partial charge in [-0.3, -0.25) is 0 Å². The molecule has 0 saturated heterocycles. The molecule has 0 heterocycles. The van der Waals surface area contributed by atoms with Crippen LogP contribution in [0.2, 0.25) is 0 Å². The lowest BCUT2D eigenvalue weighted by molar-refractivity contribution is 0.00264. The summed E-state index contributed by atoms with van der Waals surface area (Å²) < 4.78 is 10.8. The number of ether oxygens (including phenoxy) is 2. The lowest BCUT2D eigenvalue weighted by Crippen LogP contribution is -2.20. The highest BCUT2D eigenvalue weighted by molar-refractivity contribution is 5.60. The summed E-state index contributed by atoms with van der Waals surface area (Å²) in [6.07, 6.45) is 19.3. The normalized spacial score (nSPS) is 12.9. The molecule has 0 aromatic carbocycles. The zero-order valence-electron chi connectivity index (χ0n) is 18.9. The van der Waals surface area contributed by atoms with Crippen molar-refractivity contribution in [3.63, 3.8) is 0 Å². The lowest BCUT2D eigenvalue weighted by atomic mass is 10.1. The number of hydrogen-bond donors (Lipinski definition) is 1. The van der Waals surface area contributed by atoms with Crippen LogP contribution in [0.3, 0.4) is 0 Å². The molecule has 4 nitrogen and oxygen atoms in total. The van der Waals surface area contributed by atoms with E-state index in [1.54, 1.807) is 0 Å². The molecule has 0 radical (unpaired) electrons. The molecule has 0 aliphatic carbocycles. The molecule has 0 aliphatic heterocycles. The van der Waals surface area contributed by atoms with Gasteiger partial charge in [0.05, 0.1) is 0 Å². The van der Waals surface area contributed by atoms with E-state index in [2.05, 4.69) is 13.8 Å². The van der Waals surface area contributed by atoms with Crippen LogP contribution in [0, 0.1) is 0 Å². The summed E-state index contributed by atoms with van der Waals surface area (Å²) >= 11 is 0. The van der Waals surface area contributed by atoms with Gasteiger partial charge >= 0.3 is 6.16 Å². The third-order valence-corrected chi connectivity index (χ3v) is 5.02. The van der Waals surface area contributed by atoms with E-state index < -0.39 is 6.16 Å². The van der Waals surface area contributed by atoms with Crippen LogP contribution in [-0.4, -0.2) is 18.4 Å². The van der Waals surface area contributed by atoms with Gasteiger partial charge in [0.25, 0.3) is 0 Å². The molecule has 27 heavy (non-hydrogen) atoms. The summed E-state index contributed by atoms with van der Waals surface area (Å²) in [5.74, 6) is 0. The Kier molecular flexibility index (Phi) is 22.7. The van der Waals surface area contributed by atoms with Gasteiger partial charge in [-0.2, -0.15) is 0 Å². The molecule has 164 valence electrons. The largest absolute Gasteiger partial charge is 0.508 e. The standard InChI is InChI=1S/C23H46O3.H3N/c1-5-7-9-11-13-15-17-19-21(3)25-23(24)26-22(4)20-18-16-14-12-10-8-6-2;/h21-22H,5-20H2,1-4H3;1H3. The predicted molar refractivity (Wildman–Crippen MR) is 117 cm³/mol. The van der Waals surface area contributed by atoms with Gasteiger partial charge in [-0.1, -0.05) is 90.9 Å². The fourth-order valence-electron chi connectivity index (χ4n) is 3.25. The Morgan fingerprint density at radius 3 is 1.22 bits per heavy atom. The second-order valence-corrected chi connectivity index (χ2v) is 7.93. The predicted octanol–water partition coefficient (Wildman–Crippen LogP) is 8.36. The number of carbonyl (C=O) groups is 1. The smallest absolute Gasteiger partial charge is 0.431 e. The first-order chi connectivity index (χ1) is 12.6. The van der Waals surface area contributed by atoms with Gasteiger partial charge in [0.15, 0.2) is 0 Å². The van der Waals surface area contributed by atoms with Gasteiger partial charge in [0.2, 0.25) is 0 Å². The SMILES string of the molecule is CCCCCCCCCC(C)OC(=O)OC(C)CCCCCCCCC.N. The monoisotopic (exact) mass is 387 g/mol. The van der Waals surface area contributed by atoms with Gasteiger partial charge < -0.3 is 15.6 Å². The second kappa shape index (κ2) is 21.5. The molecule has 3 N–H and O–H groups in total. The molecule has 4 heteroatoms. The van der Waals surface area contributed by atoms with Crippen molar-refractivity contribution in [1.29, 1.82) is 0 Å². The van der Waals surface area contributed by atoms with Crippen molar-refractivity contribution >= 4 is 6.16 Å². The Bertz CT molecular complexity index is 282. The highest BCUT2D eigenvalue weighted by Gasteiger charge is 2.14. The first kappa shape index (κ1) is 28.4. The Hall–Kier alpha value is -0.770. The lowest BCUT2D eigenvalue weighted by Gasteiger charge is -2.16. The van der Waals surface area contributed by atoms with Crippen LogP contribution in [0.25, 0.3) is 0 Å². The van der Waals surface area contributed by atoms with Crippen molar-refractivity contribution in [2.24, 2.45) is 0 Å². The van der Waals surface area contributed by atoms with Gasteiger partial charge in [-0.25, -0.2) is 4.79 Å². The van der Waals surface area contributed by atoms with Crippen LogP contribution in [0.4, 0.5) is 4.79 Å². The third kappa shape index (κ3) is 21.4. The van der Waals surface area contributed by atoms with E-state index in [0.717, 1.165) is 25.7 Å². The van der Waals surface area contributed by atoms with Crippen LogP contribution in [-0.2, 0) is 9.47 Å². The molecule has 0 saturated carbocycles. The minimum absolute atomic E-state index is 0. The Balaban J connectivity index is 0. The number of carbonyl (C=O) groups excluding carboxylic acids is 1. The number of rotatable bonds is 18. The molecule has 0 aromatic rings.